The molecule has 1 unspecified atom stereocenters. The summed E-state index contributed by atoms with van der Waals surface area (Å²) in [4.78, 5) is 4.10. The van der Waals surface area contributed by atoms with Gasteiger partial charge in [0.15, 0.2) is 0 Å². The monoisotopic (exact) mass is 251 g/mol. The van der Waals surface area contributed by atoms with Gasteiger partial charge in [0.1, 0.15) is 11.9 Å². The van der Waals surface area contributed by atoms with Gasteiger partial charge in [0.2, 0.25) is 5.82 Å². The van der Waals surface area contributed by atoms with Crippen molar-refractivity contribution in [2.75, 3.05) is 12.3 Å². The second kappa shape index (κ2) is 5.14. The highest BCUT2D eigenvalue weighted by molar-refractivity contribution is 5.70. The zero-order valence-electron chi connectivity index (χ0n) is 10.2. The van der Waals surface area contributed by atoms with E-state index in [1.807, 2.05) is 6.92 Å². The van der Waals surface area contributed by atoms with Crippen LogP contribution in [-0.4, -0.2) is 16.7 Å². The summed E-state index contributed by atoms with van der Waals surface area (Å²) in [5.74, 6) is -0.0593. The van der Waals surface area contributed by atoms with Crippen molar-refractivity contribution in [2.24, 2.45) is 0 Å². The van der Waals surface area contributed by atoms with E-state index >= 15 is 0 Å². The molecule has 2 N–H and O–H groups in total. The third kappa shape index (κ3) is 2.33. The molecule has 1 aromatic carbocycles. The number of hydrogen-bond acceptors (Lipinski definition) is 5. The summed E-state index contributed by atoms with van der Waals surface area (Å²) in [6.07, 6.45) is -0.305. The van der Waals surface area contributed by atoms with Crippen LogP contribution in [0.1, 0.15) is 25.8 Å². The highest BCUT2D eigenvalue weighted by atomic mass is 19.1. The molecule has 2 rings (SSSR count). The van der Waals surface area contributed by atoms with Crippen molar-refractivity contribution < 1.29 is 13.7 Å². The molecular weight excluding hydrogens is 237 g/mol. The summed E-state index contributed by atoms with van der Waals surface area (Å²) in [5, 5.41) is 3.76. The summed E-state index contributed by atoms with van der Waals surface area (Å²) in [5.41, 5.74) is 6.08. The molecule has 0 spiro atoms. The average molecular weight is 251 g/mol. The van der Waals surface area contributed by atoms with Crippen molar-refractivity contribution in [3.05, 3.63) is 29.8 Å². The standard InChI is InChI=1S/C12H14FN3O2/c1-3-17-7(2)11-15-12(18-16-11)10-8(13)5-4-6-9(10)14/h4-7H,3,14H2,1-2H3. The lowest BCUT2D eigenvalue weighted by Crippen LogP contribution is -2.01. The first-order valence-corrected chi connectivity index (χ1v) is 5.63. The normalized spacial score (nSPS) is 12.6. The number of halogens is 1. The Hall–Kier alpha value is -1.95. The van der Waals surface area contributed by atoms with Crippen molar-refractivity contribution in [1.82, 2.24) is 10.1 Å². The van der Waals surface area contributed by atoms with Crippen LogP contribution in [0.5, 0.6) is 0 Å². The summed E-state index contributed by atoms with van der Waals surface area (Å²) >= 11 is 0. The minimum absolute atomic E-state index is 0.0622. The molecule has 0 fully saturated rings. The lowest BCUT2D eigenvalue weighted by atomic mass is 10.1. The molecule has 96 valence electrons. The molecule has 0 aliphatic rings. The molecule has 6 heteroatoms. The number of nitrogens with zero attached hydrogens (tertiary/aromatic N) is 2. The maximum atomic E-state index is 13.7. The lowest BCUT2D eigenvalue weighted by molar-refractivity contribution is 0.0683. The maximum Gasteiger partial charge on any atom is 0.263 e. The highest BCUT2D eigenvalue weighted by Gasteiger charge is 2.19. The van der Waals surface area contributed by atoms with Gasteiger partial charge >= 0.3 is 0 Å². The third-order valence-electron chi connectivity index (χ3n) is 2.48. The van der Waals surface area contributed by atoms with Crippen LogP contribution in [0.25, 0.3) is 11.5 Å². The van der Waals surface area contributed by atoms with E-state index in [9.17, 15) is 4.39 Å². The number of nitrogens with two attached hydrogens (primary N) is 1. The first-order valence-electron chi connectivity index (χ1n) is 5.63. The molecule has 0 radical (unpaired) electrons. The Morgan fingerprint density at radius 2 is 2.28 bits per heavy atom. The Morgan fingerprint density at radius 1 is 1.50 bits per heavy atom. The van der Waals surface area contributed by atoms with E-state index in [0.717, 1.165) is 0 Å². The molecule has 0 aliphatic heterocycles. The van der Waals surface area contributed by atoms with Gasteiger partial charge < -0.3 is 15.0 Å². The molecule has 2 aromatic rings. The van der Waals surface area contributed by atoms with E-state index < -0.39 is 5.82 Å². The Bertz CT molecular complexity index is 522. The van der Waals surface area contributed by atoms with Gasteiger partial charge in [-0.2, -0.15) is 4.98 Å². The van der Waals surface area contributed by atoms with Gasteiger partial charge in [0.25, 0.3) is 5.89 Å². The van der Waals surface area contributed by atoms with Gasteiger partial charge in [0, 0.05) is 12.3 Å². The molecule has 0 saturated heterocycles. The van der Waals surface area contributed by atoms with Crippen LogP contribution in [0.4, 0.5) is 10.1 Å². The van der Waals surface area contributed by atoms with Gasteiger partial charge in [0.05, 0.1) is 5.56 Å². The van der Waals surface area contributed by atoms with E-state index in [-0.39, 0.29) is 23.2 Å². The molecule has 0 saturated carbocycles. The molecule has 0 aliphatic carbocycles. The fourth-order valence-corrected chi connectivity index (χ4v) is 1.59. The summed E-state index contributed by atoms with van der Waals surface area (Å²) in [6, 6.07) is 4.39. The molecule has 0 amide bonds. The van der Waals surface area contributed by atoms with Crippen molar-refractivity contribution in [3.63, 3.8) is 0 Å². The van der Waals surface area contributed by atoms with Crippen molar-refractivity contribution in [2.45, 2.75) is 20.0 Å². The maximum absolute atomic E-state index is 13.7. The first-order chi connectivity index (χ1) is 8.63. The minimum Gasteiger partial charge on any atom is -0.398 e. The molecule has 0 bridgehead atoms. The number of rotatable bonds is 4. The quantitative estimate of drug-likeness (QED) is 0.845. The third-order valence-corrected chi connectivity index (χ3v) is 2.48. The van der Waals surface area contributed by atoms with Gasteiger partial charge in [-0.15, -0.1) is 0 Å². The lowest BCUT2D eigenvalue weighted by Gasteiger charge is -2.05. The van der Waals surface area contributed by atoms with E-state index in [0.29, 0.717) is 12.4 Å². The van der Waals surface area contributed by atoms with Gasteiger partial charge in [-0.05, 0) is 26.0 Å². The minimum atomic E-state index is -0.491. The highest BCUT2D eigenvalue weighted by Crippen LogP contribution is 2.28. The SMILES string of the molecule is CCOC(C)c1noc(-c2c(N)cccc2F)n1. The summed E-state index contributed by atoms with van der Waals surface area (Å²) in [7, 11) is 0. The Kier molecular flexibility index (Phi) is 3.57. The zero-order chi connectivity index (χ0) is 13.1. The second-order valence-electron chi connectivity index (χ2n) is 3.76. The smallest absolute Gasteiger partial charge is 0.263 e. The summed E-state index contributed by atoms with van der Waals surface area (Å²) in [6.45, 7) is 4.20. The molecule has 18 heavy (non-hydrogen) atoms. The molecular formula is C12H14FN3O2. The van der Waals surface area contributed by atoms with Crippen molar-refractivity contribution in [3.8, 4) is 11.5 Å². The number of hydrogen-bond donors (Lipinski definition) is 1. The van der Waals surface area contributed by atoms with Crippen LogP contribution >= 0.6 is 0 Å². The number of aromatic nitrogens is 2. The zero-order valence-corrected chi connectivity index (χ0v) is 10.2. The number of benzene rings is 1. The fourth-order valence-electron chi connectivity index (χ4n) is 1.59. The predicted octanol–water partition coefficient (Wildman–Crippen LogP) is 2.56. The molecule has 1 atom stereocenters. The van der Waals surface area contributed by atoms with Crippen LogP contribution in [0.15, 0.2) is 22.7 Å². The van der Waals surface area contributed by atoms with Crippen molar-refractivity contribution in [1.29, 1.82) is 0 Å². The Labute approximate surface area is 104 Å². The first kappa shape index (κ1) is 12.5. The van der Waals surface area contributed by atoms with Crippen molar-refractivity contribution >= 4 is 5.69 Å². The van der Waals surface area contributed by atoms with Gasteiger partial charge in [-0.25, -0.2) is 4.39 Å². The number of anilines is 1. The van der Waals surface area contributed by atoms with Gasteiger partial charge in [-0.3, -0.25) is 0 Å². The van der Waals surface area contributed by atoms with Crippen LogP contribution in [0.3, 0.4) is 0 Å². The fraction of sp³-hybridized carbons (Fsp3) is 0.333. The van der Waals surface area contributed by atoms with E-state index in [2.05, 4.69) is 10.1 Å². The topological polar surface area (TPSA) is 74.2 Å². The van der Waals surface area contributed by atoms with Crippen LogP contribution in [-0.2, 0) is 4.74 Å². The number of ether oxygens (including phenoxy) is 1. The predicted molar refractivity (Wildman–Crippen MR) is 64.1 cm³/mol. The summed E-state index contributed by atoms with van der Waals surface area (Å²) < 4.78 is 24.0. The Morgan fingerprint density at radius 3 is 2.94 bits per heavy atom. The van der Waals surface area contributed by atoms with E-state index in [1.54, 1.807) is 13.0 Å². The molecule has 1 aromatic heterocycles. The van der Waals surface area contributed by atoms with Crippen LogP contribution < -0.4 is 5.73 Å². The van der Waals surface area contributed by atoms with E-state index in [1.165, 1.54) is 12.1 Å². The number of nitrogen functional groups attached to an aromatic ring is 1. The van der Waals surface area contributed by atoms with Gasteiger partial charge in [-0.1, -0.05) is 11.2 Å². The molecule has 1 heterocycles. The molecule has 5 nitrogen and oxygen atoms in total. The van der Waals surface area contributed by atoms with Crippen LogP contribution in [0, 0.1) is 5.82 Å². The average Bonchev–Trinajstić information content (AvgIpc) is 2.78. The largest absolute Gasteiger partial charge is 0.398 e. The Balaban J connectivity index is 2.35. The second-order valence-corrected chi connectivity index (χ2v) is 3.76. The van der Waals surface area contributed by atoms with E-state index in [4.69, 9.17) is 15.0 Å². The van der Waals surface area contributed by atoms with Crippen LogP contribution in [0.2, 0.25) is 0 Å².